The molecule has 31 heavy (non-hydrogen) atoms. The van der Waals surface area contributed by atoms with Gasteiger partial charge in [-0.1, -0.05) is 20.8 Å². The number of amides is 1. The first-order valence-corrected chi connectivity index (χ1v) is 11.0. The van der Waals surface area contributed by atoms with Gasteiger partial charge in [-0.15, -0.1) is 0 Å². The summed E-state index contributed by atoms with van der Waals surface area (Å²) in [6.07, 6.45) is 3.58. The van der Waals surface area contributed by atoms with E-state index in [1.54, 1.807) is 0 Å². The number of nitrogens with zero attached hydrogens (tertiary/aromatic N) is 1. The van der Waals surface area contributed by atoms with Gasteiger partial charge in [0.25, 0.3) is 0 Å². The third-order valence-electron chi connectivity index (χ3n) is 5.57. The van der Waals surface area contributed by atoms with Crippen LogP contribution in [0.4, 0.5) is 10.6 Å². The van der Waals surface area contributed by atoms with Crippen molar-refractivity contribution in [3.05, 3.63) is 12.5 Å². The molecule has 1 saturated heterocycles. The van der Waals surface area contributed by atoms with Crippen LogP contribution in [0.3, 0.4) is 0 Å². The highest BCUT2D eigenvalue weighted by Gasteiger charge is 2.40. The van der Waals surface area contributed by atoms with Crippen molar-refractivity contribution < 1.29 is 28.5 Å². The molecule has 1 amide bonds. The zero-order valence-corrected chi connectivity index (χ0v) is 19.5. The van der Waals surface area contributed by atoms with Crippen molar-refractivity contribution >= 4 is 17.9 Å². The van der Waals surface area contributed by atoms with Crippen LogP contribution in [0.2, 0.25) is 0 Å². The van der Waals surface area contributed by atoms with Gasteiger partial charge in [-0.05, 0) is 45.4 Å². The second-order valence-electron chi connectivity index (χ2n) is 9.22. The Labute approximate surface area is 184 Å². The number of imidazole rings is 1. The molecule has 9 nitrogen and oxygen atoms in total. The predicted octanol–water partition coefficient (Wildman–Crippen LogP) is 4.12. The van der Waals surface area contributed by atoms with Gasteiger partial charge in [-0.2, -0.15) is 0 Å². The molecule has 0 aliphatic carbocycles. The van der Waals surface area contributed by atoms with E-state index in [1.165, 1.54) is 12.5 Å². The van der Waals surface area contributed by atoms with Crippen molar-refractivity contribution in [3.63, 3.8) is 0 Å². The number of ether oxygens (including phenoxy) is 4. The Morgan fingerprint density at radius 1 is 1.16 bits per heavy atom. The van der Waals surface area contributed by atoms with E-state index < -0.39 is 11.7 Å². The minimum atomic E-state index is -0.564. The van der Waals surface area contributed by atoms with Crippen molar-refractivity contribution in [2.24, 2.45) is 17.8 Å². The largest absolute Gasteiger partial charge is 0.460 e. The summed E-state index contributed by atoms with van der Waals surface area (Å²) in [6.45, 7) is 12.6. The van der Waals surface area contributed by atoms with E-state index in [9.17, 15) is 9.59 Å². The van der Waals surface area contributed by atoms with Gasteiger partial charge >= 0.3 is 12.1 Å². The summed E-state index contributed by atoms with van der Waals surface area (Å²) in [7, 11) is 0. The van der Waals surface area contributed by atoms with Crippen molar-refractivity contribution in [2.45, 2.75) is 78.8 Å². The summed E-state index contributed by atoms with van der Waals surface area (Å²) >= 11 is 0. The van der Waals surface area contributed by atoms with Crippen LogP contribution in [0.15, 0.2) is 12.5 Å². The third kappa shape index (κ3) is 8.49. The molecule has 0 aromatic carbocycles. The van der Waals surface area contributed by atoms with Gasteiger partial charge in [0, 0.05) is 18.9 Å². The van der Waals surface area contributed by atoms with Crippen LogP contribution < -0.4 is 5.32 Å². The number of hydrogen-bond acceptors (Lipinski definition) is 7. The molecule has 2 heterocycles. The fourth-order valence-electron chi connectivity index (χ4n) is 3.46. The lowest BCUT2D eigenvalue weighted by atomic mass is 9.79. The monoisotopic (exact) mass is 439 g/mol. The standard InChI is InChI=1S/C22H37N3O6/c1-14-15(2)17(12-29-21(27)25-18-11-23-13-24-18)30-20(16(14)3)28-10-8-7-9-19(26)31-22(4,5)6/h11,13-17,20H,7-10,12H2,1-6H3,(H,23,24)(H,25,27). The highest BCUT2D eigenvalue weighted by molar-refractivity contribution is 5.83. The quantitative estimate of drug-likeness (QED) is 0.440. The molecule has 1 aliphatic heterocycles. The minimum Gasteiger partial charge on any atom is -0.460 e. The van der Waals surface area contributed by atoms with E-state index in [0.717, 1.165) is 6.42 Å². The number of nitrogens with one attached hydrogen (secondary N) is 2. The van der Waals surface area contributed by atoms with Gasteiger partial charge in [-0.3, -0.25) is 10.1 Å². The third-order valence-corrected chi connectivity index (χ3v) is 5.57. The van der Waals surface area contributed by atoms with Gasteiger partial charge in [0.05, 0.1) is 18.6 Å². The van der Waals surface area contributed by atoms with Gasteiger partial charge < -0.3 is 23.9 Å². The Hall–Kier alpha value is -2.13. The van der Waals surface area contributed by atoms with E-state index in [-0.39, 0.29) is 36.8 Å². The fraction of sp³-hybridized carbons (Fsp3) is 0.773. The number of carbonyl (C=O) groups excluding carboxylic acids is 2. The van der Waals surface area contributed by atoms with Gasteiger partial charge in [-0.25, -0.2) is 9.78 Å². The van der Waals surface area contributed by atoms with Crippen molar-refractivity contribution in [1.29, 1.82) is 0 Å². The van der Waals surface area contributed by atoms with E-state index >= 15 is 0 Å². The zero-order valence-electron chi connectivity index (χ0n) is 19.5. The number of H-pyrrole nitrogens is 1. The SMILES string of the molecule is CC1C(COC(=O)Nc2cnc[nH]2)OC(OCCCCC(=O)OC(C)(C)C)C(C)C1C. The molecular formula is C22H37N3O6. The molecule has 5 unspecified atom stereocenters. The Balaban J connectivity index is 1.73. The van der Waals surface area contributed by atoms with Crippen LogP contribution in [0.25, 0.3) is 0 Å². The first-order valence-electron chi connectivity index (χ1n) is 11.0. The molecule has 1 aliphatic rings. The number of anilines is 1. The average molecular weight is 440 g/mol. The van der Waals surface area contributed by atoms with Crippen LogP contribution in [-0.4, -0.2) is 53.2 Å². The van der Waals surface area contributed by atoms with E-state index in [4.69, 9.17) is 18.9 Å². The van der Waals surface area contributed by atoms with Crippen LogP contribution >= 0.6 is 0 Å². The number of aromatic nitrogens is 2. The maximum absolute atomic E-state index is 12.0. The molecule has 2 N–H and O–H groups in total. The van der Waals surface area contributed by atoms with E-state index in [1.807, 2.05) is 20.8 Å². The average Bonchev–Trinajstić information content (AvgIpc) is 3.18. The number of unbranched alkanes of at least 4 members (excludes halogenated alkanes) is 1. The molecular weight excluding hydrogens is 402 g/mol. The van der Waals surface area contributed by atoms with E-state index in [2.05, 4.69) is 36.1 Å². The predicted molar refractivity (Wildman–Crippen MR) is 115 cm³/mol. The first-order chi connectivity index (χ1) is 14.6. The number of rotatable bonds is 9. The molecule has 0 bridgehead atoms. The molecule has 1 aromatic heterocycles. The lowest BCUT2D eigenvalue weighted by molar-refractivity contribution is -0.253. The summed E-state index contributed by atoms with van der Waals surface area (Å²) in [4.78, 5) is 30.4. The highest BCUT2D eigenvalue weighted by Crippen LogP contribution is 2.35. The Morgan fingerprint density at radius 2 is 1.90 bits per heavy atom. The molecule has 1 aromatic rings. The second kappa shape index (κ2) is 11.5. The van der Waals surface area contributed by atoms with Crippen molar-refractivity contribution in [2.75, 3.05) is 18.5 Å². The van der Waals surface area contributed by atoms with Gasteiger partial charge in [0.2, 0.25) is 0 Å². The number of hydrogen-bond donors (Lipinski definition) is 2. The highest BCUT2D eigenvalue weighted by atomic mass is 16.7. The summed E-state index contributed by atoms with van der Waals surface area (Å²) < 4.78 is 22.7. The van der Waals surface area contributed by atoms with Crippen LogP contribution in [0, 0.1) is 17.8 Å². The lowest BCUT2D eigenvalue weighted by Gasteiger charge is -2.43. The molecule has 176 valence electrons. The lowest BCUT2D eigenvalue weighted by Crippen LogP contribution is -2.48. The minimum absolute atomic E-state index is 0.136. The Kier molecular flexibility index (Phi) is 9.31. The summed E-state index contributed by atoms with van der Waals surface area (Å²) in [5, 5.41) is 2.58. The zero-order chi connectivity index (χ0) is 23.0. The van der Waals surface area contributed by atoms with E-state index in [0.29, 0.717) is 31.2 Å². The summed E-state index contributed by atoms with van der Waals surface area (Å²) in [5.41, 5.74) is -0.460. The van der Waals surface area contributed by atoms with Crippen LogP contribution in [0.5, 0.6) is 0 Å². The molecule has 0 saturated carbocycles. The normalized spacial score (nSPS) is 26.3. The Bertz CT molecular complexity index is 688. The molecule has 0 radical (unpaired) electrons. The summed E-state index contributed by atoms with van der Waals surface area (Å²) in [6, 6.07) is 0. The molecule has 0 spiro atoms. The Morgan fingerprint density at radius 3 is 2.55 bits per heavy atom. The number of aromatic amines is 1. The van der Waals surface area contributed by atoms with Crippen LogP contribution in [-0.2, 0) is 23.7 Å². The first kappa shape index (κ1) is 25.1. The number of esters is 1. The number of carbonyl (C=O) groups is 2. The maximum Gasteiger partial charge on any atom is 0.412 e. The fourth-order valence-corrected chi connectivity index (χ4v) is 3.46. The molecule has 2 rings (SSSR count). The molecule has 9 heteroatoms. The molecule has 1 fully saturated rings. The van der Waals surface area contributed by atoms with Crippen molar-refractivity contribution in [1.82, 2.24) is 9.97 Å². The topological polar surface area (TPSA) is 112 Å². The molecule has 5 atom stereocenters. The maximum atomic E-state index is 12.0. The smallest absolute Gasteiger partial charge is 0.412 e. The van der Waals surface area contributed by atoms with Gasteiger partial charge in [0.1, 0.15) is 18.0 Å². The van der Waals surface area contributed by atoms with Crippen LogP contribution in [0.1, 0.15) is 60.8 Å². The van der Waals surface area contributed by atoms with Crippen molar-refractivity contribution in [3.8, 4) is 0 Å². The summed E-state index contributed by atoms with van der Waals surface area (Å²) in [5.74, 6) is 1.03. The van der Waals surface area contributed by atoms with Gasteiger partial charge in [0.15, 0.2) is 6.29 Å². The second-order valence-corrected chi connectivity index (χ2v) is 9.22.